The molecule has 1 unspecified atom stereocenters. The summed E-state index contributed by atoms with van der Waals surface area (Å²) in [6.45, 7) is 16.6. The van der Waals surface area contributed by atoms with Crippen molar-refractivity contribution < 1.29 is 9.16 Å². The standard InChI is InChI=1S/C29H43ClO2Si/c1-23(2)28(3,4)33(5,6)32-20-17-25-11-9-24(10-12-25)8-7-18-29(19-21-31-22-29)26-13-15-27(30)16-14-26/h9-16,23H,7-8,17-22H2,1-6H3. The van der Waals surface area contributed by atoms with E-state index in [0.717, 1.165) is 50.5 Å². The van der Waals surface area contributed by atoms with Gasteiger partial charge in [0.05, 0.1) is 6.61 Å². The van der Waals surface area contributed by atoms with Crippen molar-refractivity contribution in [1.29, 1.82) is 0 Å². The first-order valence-electron chi connectivity index (χ1n) is 12.6. The fourth-order valence-corrected chi connectivity index (χ4v) is 7.29. The zero-order chi connectivity index (χ0) is 24.1. The van der Waals surface area contributed by atoms with E-state index < -0.39 is 8.32 Å². The van der Waals surface area contributed by atoms with E-state index in [1.54, 1.807) is 0 Å². The molecule has 0 radical (unpaired) electrons. The molecular formula is C29H43ClO2Si. The van der Waals surface area contributed by atoms with E-state index >= 15 is 0 Å². The predicted molar refractivity (Wildman–Crippen MR) is 144 cm³/mol. The van der Waals surface area contributed by atoms with Crippen LogP contribution in [0.3, 0.4) is 0 Å². The third-order valence-corrected chi connectivity index (χ3v) is 13.4. The Morgan fingerprint density at radius 3 is 2.15 bits per heavy atom. The van der Waals surface area contributed by atoms with Crippen molar-refractivity contribution in [1.82, 2.24) is 0 Å². The van der Waals surface area contributed by atoms with Crippen molar-refractivity contribution in [2.45, 2.75) is 83.3 Å². The minimum Gasteiger partial charge on any atom is -0.416 e. The zero-order valence-electron chi connectivity index (χ0n) is 21.5. The van der Waals surface area contributed by atoms with Crippen LogP contribution in [0.4, 0.5) is 0 Å². The number of hydrogen-bond donors (Lipinski definition) is 0. The highest BCUT2D eigenvalue weighted by Gasteiger charge is 2.43. The largest absolute Gasteiger partial charge is 0.416 e. The van der Waals surface area contributed by atoms with E-state index in [9.17, 15) is 0 Å². The lowest BCUT2D eigenvalue weighted by Crippen LogP contribution is -2.45. The average molecular weight is 487 g/mol. The Kier molecular flexibility index (Phi) is 8.88. The summed E-state index contributed by atoms with van der Waals surface area (Å²) < 4.78 is 12.3. The molecule has 0 aliphatic carbocycles. The van der Waals surface area contributed by atoms with Gasteiger partial charge in [-0.15, -0.1) is 0 Å². The second-order valence-electron chi connectivity index (χ2n) is 11.2. The highest BCUT2D eigenvalue weighted by Crippen LogP contribution is 2.44. The predicted octanol–water partition coefficient (Wildman–Crippen LogP) is 8.22. The van der Waals surface area contributed by atoms with Crippen LogP contribution in [0.2, 0.25) is 23.2 Å². The van der Waals surface area contributed by atoms with Gasteiger partial charge in [-0.1, -0.05) is 75.7 Å². The summed E-state index contributed by atoms with van der Waals surface area (Å²) in [5.41, 5.74) is 4.29. The van der Waals surface area contributed by atoms with Gasteiger partial charge in [0.2, 0.25) is 0 Å². The molecular weight excluding hydrogens is 444 g/mol. The molecule has 3 rings (SSSR count). The number of aryl methyl sites for hydroxylation is 1. The van der Waals surface area contributed by atoms with Gasteiger partial charge in [0.1, 0.15) is 0 Å². The molecule has 1 saturated heterocycles. The van der Waals surface area contributed by atoms with Crippen LogP contribution in [-0.2, 0) is 27.4 Å². The molecule has 1 atom stereocenters. The van der Waals surface area contributed by atoms with Crippen LogP contribution in [-0.4, -0.2) is 28.1 Å². The minimum atomic E-state index is -1.75. The SMILES string of the molecule is CC(C)C(C)(C)[Si](C)(C)OCCc1ccc(CCCC2(c3ccc(Cl)cc3)CCOC2)cc1. The van der Waals surface area contributed by atoms with E-state index in [4.69, 9.17) is 20.8 Å². The topological polar surface area (TPSA) is 18.5 Å². The van der Waals surface area contributed by atoms with E-state index in [1.807, 2.05) is 12.1 Å². The minimum absolute atomic E-state index is 0.141. The Hall–Kier alpha value is -1.13. The Bertz CT molecular complexity index is 865. The molecule has 33 heavy (non-hydrogen) atoms. The van der Waals surface area contributed by atoms with Crippen LogP contribution in [0, 0.1) is 5.92 Å². The second kappa shape index (κ2) is 11.1. The molecule has 2 aromatic carbocycles. The summed E-state index contributed by atoms with van der Waals surface area (Å²) >= 11 is 6.11. The summed E-state index contributed by atoms with van der Waals surface area (Å²) in [5.74, 6) is 0.632. The van der Waals surface area contributed by atoms with E-state index in [-0.39, 0.29) is 10.5 Å². The Morgan fingerprint density at radius 1 is 1.00 bits per heavy atom. The van der Waals surface area contributed by atoms with Crippen molar-refractivity contribution in [3.63, 3.8) is 0 Å². The van der Waals surface area contributed by atoms with E-state index in [1.165, 1.54) is 23.1 Å². The molecule has 1 aliphatic rings. The van der Waals surface area contributed by atoms with Gasteiger partial charge in [-0.25, -0.2) is 0 Å². The van der Waals surface area contributed by atoms with Gasteiger partial charge in [-0.2, -0.15) is 0 Å². The maximum absolute atomic E-state index is 6.49. The van der Waals surface area contributed by atoms with Crippen molar-refractivity contribution in [3.8, 4) is 0 Å². The molecule has 1 aliphatic heterocycles. The monoisotopic (exact) mass is 486 g/mol. The smallest absolute Gasteiger partial charge is 0.192 e. The summed E-state index contributed by atoms with van der Waals surface area (Å²) in [6, 6.07) is 17.6. The first-order chi connectivity index (χ1) is 15.6. The lowest BCUT2D eigenvalue weighted by atomic mass is 9.75. The molecule has 1 heterocycles. The fourth-order valence-electron chi connectivity index (χ4n) is 4.79. The van der Waals surface area contributed by atoms with Gasteiger partial charge in [0, 0.05) is 23.7 Å². The first kappa shape index (κ1) is 26.5. The van der Waals surface area contributed by atoms with Gasteiger partial charge in [0.15, 0.2) is 8.32 Å². The molecule has 1 fully saturated rings. The number of ether oxygens (including phenoxy) is 1. The third-order valence-electron chi connectivity index (χ3n) is 8.55. The van der Waals surface area contributed by atoms with Crippen LogP contribution in [0.5, 0.6) is 0 Å². The summed E-state index contributed by atoms with van der Waals surface area (Å²) in [6.07, 6.45) is 5.51. The van der Waals surface area contributed by atoms with Gasteiger partial charge >= 0.3 is 0 Å². The van der Waals surface area contributed by atoms with Crippen molar-refractivity contribution in [2.24, 2.45) is 5.92 Å². The van der Waals surface area contributed by atoms with Crippen molar-refractivity contribution in [3.05, 3.63) is 70.2 Å². The molecule has 0 saturated carbocycles. The molecule has 0 bridgehead atoms. The zero-order valence-corrected chi connectivity index (χ0v) is 23.3. The van der Waals surface area contributed by atoms with Crippen LogP contribution in [0.1, 0.15) is 63.6 Å². The lowest BCUT2D eigenvalue weighted by Gasteiger charge is -2.42. The van der Waals surface area contributed by atoms with Crippen LogP contribution < -0.4 is 0 Å². The number of benzene rings is 2. The molecule has 0 amide bonds. The lowest BCUT2D eigenvalue weighted by molar-refractivity contribution is 0.173. The highest BCUT2D eigenvalue weighted by molar-refractivity contribution is 6.74. The van der Waals surface area contributed by atoms with Crippen LogP contribution in [0.15, 0.2) is 48.5 Å². The fraction of sp³-hybridized carbons (Fsp3) is 0.586. The van der Waals surface area contributed by atoms with E-state index in [2.05, 4.69) is 77.2 Å². The molecule has 2 nitrogen and oxygen atoms in total. The average Bonchev–Trinajstić information content (AvgIpc) is 3.25. The van der Waals surface area contributed by atoms with Crippen LogP contribution in [0.25, 0.3) is 0 Å². The molecule has 0 aromatic heterocycles. The quantitative estimate of drug-likeness (QED) is 0.298. The Labute approximate surface area is 208 Å². The second-order valence-corrected chi connectivity index (χ2v) is 16.3. The number of hydrogen-bond acceptors (Lipinski definition) is 2. The highest BCUT2D eigenvalue weighted by atomic mass is 35.5. The van der Waals surface area contributed by atoms with Gasteiger partial charge in [0.25, 0.3) is 0 Å². The number of rotatable bonds is 11. The van der Waals surface area contributed by atoms with Gasteiger partial charge in [-0.3, -0.25) is 0 Å². The van der Waals surface area contributed by atoms with Crippen molar-refractivity contribution in [2.75, 3.05) is 19.8 Å². The molecule has 0 N–H and O–H groups in total. The maximum Gasteiger partial charge on any atom is 0.192 e. The van der Waals surface area contributed by atoms with Crippen LogP contribution >= 0.6 is 11.6 Å². The molecule has 182 valence electrons. The Balaban J connectivity index is 1.49. The normalized spacial score (nSPS) is 19.4. The first-order valence-corrected chi connectivity index (χ1v) is 15.9. The molecule has 4 heteroatoms. The molecule has 2 aromatic rings. The summed E-state index contributed by atoms with van der Waals surface area (Å²) in [7, 11) is -1.75. The Morgan fingerprint density at radius 2 is 1.61 bits per heavy atom. The summed E-state index contributed by atoms with van der Waals surface area (Å²) in [4.78, 5) is 0. The van der Waals surface area contributed by atoms with Gasteiger partial charge in [-0.05, 0) is 85.0 Å². The maximum atomic E-state index is 6.49. The molecule has 0 spiro atoms. The van der Waals surface area contributed by atoms with Gasteiger partial charge < -0.3 is 9.16 Å². The summed E-state index contributed by atoms with van der Waals surface area (Å²) in [5, 5.41) is 1.07. The van der Waals surface area contributed by atoms with Crippen molar-refractivity contribution >= 4 is 19.9 Å². The number of halogens is 1. The van der Waals surface area contributed by atoms with E-state index in [0.29, 0.717) is 5.92 Å². The third kappa shape index (κ3) is 6.51.